The predicted molar refractivity (Wildman–Crippen MR) is 111 cm³/mol. The van der Waals surface area contributed by atoms with Crippen molar-refractivity contribution >= 4 is 17.5 Å². The monoisotopic (exact) mass is 384 g/mol. The van der Waals surface area contributed by atoms with Crippen LogP contribution in [0.5, 0.6) is 0 Å². The number of nitrogens with zero attached hydrogens (tertiary/aromatic N) is 1. The molecule has 2 rings (SSSR count). The maximum Gasteiger partial charge on any atom is 0.226 e. The Morgan fingerprint density at radius 3 is 2.11 bits per heavy atom. The first-order valence-corrected chi connectivity index (χ1v) is 9.85. The number of nitrogens with one attached hydrogen (secondary N) is 1. The number of carbonyl (C=O) groups excluding carboxylic acids is 2. The first-order chi connectivity index (χ1) is 13.4. The second-order valence-electron chi connectivity index (χ2n) is 6.84. The minimum absolute atomic E-state index is 0.0712. The zero-order valence-corrected chi connectivity index (χ0v) is 16.9. The first kappa shape index (κ1) is 21.6. The minimum atomic E-state index is -0.275. The molecular weight excluding hydrogens is 355 g/mol. The maximum absolute atomic E-state index is 13.0. The van der Waals surface area contributed by atoms with Crippen molar-refractivity contribution < 1.29 is 14.0 Å². The summed E-state index contributed by atoms with van der Waals surface area (Å²) in [5.74, 6) is -0.440. The lowest BCUT2D eigenvalue weighted by Gasteiger charge is -2.21. The number of hydrogen-bond acceptors (Lipinski definition) is 2. The highest BCUT2D eigenvalue weighted by atomic mass is 19.1. The van der Waals surface area contributed by atoms with Gasteiger partial charge in [-0.05, 0) is 48.1 Å². The van der Waals surface area contributed by atoms with Gasteiger partial charge in [0.1, 0.15) is 5.82 Å². The summed E-state index contributed by atoms with van der Waals surface area (Å²) < 4.78 is 13.0. The van der Waals surface area contributed by atoms with Crippen LogP contribution in [0.15, 0.2) is 42.5 Å². The van der Waals surface area contributed by atoms with Gasteiger partial charge in [-0.25, -0.2) is 4.39 Å². The number of hydrogen-bond donors (Lipinski definition) is 1. The fraction of sp³-hybridized carbons (Fsp3) is 0.391. The molecule has 0 heterocycles. The van der Waals surface area contributed by atoms with Crippen LogP contribution in [0.2, 0.25) is 0 Å². The number of anilines is 1. The van der Waals surface area contributed by atoms with Crippen molar-refractivity contribution in [3.05, 3.63) is 65.0 Å². The third kappa shape index (κ3) is 6.19. The van der Waals surface area contributed by atoms with E-state index in [1.807, 2.05) is 18.2 Å². The third-order valence-electron chi connectivity index (χ3n) is 4.90. The molecule has 2 aromatic carbocycles. The summed E-state index contributed by atoms with van der Waals surface area (Å²) in [5, 5.41) is 3.04. The van der Waals surface area contributed by atoms with Gasteiger partial charge in [0, 0.05) is 32.1 Å². The Bertz CT molecular complexity index is 780. The number of aryl methyl sites for hydroxylation is 2. The SMILES string of the molecule is CCc1cccc(CC)c1NC(=O)CCN(CCc1ccc(F)cc1)C(C)=O. The van der Waals surface area contributed by atoms with Crippen LogP contribution in [0.25, 0.3) is 0 Å². The van der Waals surface area contributed by atoms with E-state index in [0.717, 1.165) is 35.2 Å². The molecule has 0 atom stereocenters. The van der Waals surface area contributed by atoms with Crippen LogP contribution in [0.3, 0.4) is 0 Å². The fourth-order valence-corrected chi connectivity index (χ4v) is 3.18. The van der Waals surface area contributed by atoms with Crippen LogP contribution in [-0.2, 0) is 28.9 Å². The average molecular weight is 384 g/mol. The van der Waals surface area contributed by atoms with Gasteiger partial charge < -0.3 is 10.2 Å². The van der Waals surface area contributed by atoms with E-state index in [0.29, 0.717) is 19.5 Å². The smallest absolute Gasteiger partial charge is 0.226 e. The summed E-state index contributed by atoms with van der Waals surface area (Å²) in [4.78, 5) is 26.1. The van der Waals surface area contributed by atoms with E-state index in [2.05, 4.69) is 19.2 Å². The Kier molecular flexibility index (Phi) is 8.18. The second kappa shape index (κ2) is 10.6. The van der Waals surface area contributed by atoms with Gasteiger partial charge in [-0.3, -0.25) is 9.59 Å². The van der Waals surface area contributed by atoms with Crippen LogP contribution in [-0.4, -0.2) is 29.8 Å². The maximum atomic E-state index is 13.0. The van der Waals surface area contributed by atoms with Crippen molar-refractivity contribution in [2.75, 3.05) is 18.4 Å². The van der Waals surface area contributed by atoms with E-state index in [-0.39, 0.29) is 24.1 Å². The Labute approximate surface area is 166 Å². The minimum Gasteiger partial charge on any atom is -0.342 e. The summed E-state index contributed by atoms with van der Waals surface area (Å²) >= 11 is 0. The van der Waals surface area contributed by atoms with Crippen LogP contribution in [0.4, 0.5) is 10.1 Å². The number of rotatable bonds is 9. The Balaban J connectivity index is 1.93. The molecule has 2 amide bonds. The van der Waals surface area contributed by atoms with E-state index in [4.69, 9.17) is 0 Å². The first-order valence-electron chi connectivity index (χ1n) is 9.85. The van der Waals surface area contributed by atoms with Crippen LogP contribution < -0.4 is 5.32 Å². The molecule has 150 valence electrons. The van der Waals surface area contributed by atoms with Gasteiger partial charge in [-0.1, -0.05) is 44.2 Å². The van der Waals surface area contributed by atoms with Gasteiger partial charge in [-0.15, -0.1) is 0 Å². The lowest BCUT2D eigenvalue weighted by atomic mass is 10.0. The van der Waals surface area contributed by atoms with E-state index < -0.39 is 0 Å². The van der Waals surface area contributed by atoms with Crippen molar-refractivity contribution in [2.24, 2.45) is 0 Å². The molecule has 28 heavy (non-hydrogen) atoms. The van der Waals surface area contributed by atoms with Gasteiger partial charge in [0.05, 0.1) is 0 Å². The van der Waals surface area contributed by atoms with Gasteiger partial charge >= 0.3 is 0 Å². The molecule has 1 N–H and O–H groups in total. The lowest BCUT2D eigenvalue weighted by molar-refractivity contribution is -0.129. The third-order valence-corrected chi connectivity index (χ3v) is 4.90. The molecule has 5 heteroatoms. The molecule has 0 saturated heterocycles. The van der Waals surface area contributed by atoms with Crippen molar-refractivity contribution in [3.63, 3.8) is 0 Å². The second-order valence-corrected chi connectivity index (χ2v) is 6.84. The summed E-state index contributed by atoms with van der Waals surface area (Å²) in [7, 11) is 0. The van der Waals surface area contributed by atoms with Crippen LogP contribution >= 0.6 is 0 Å². The molecule has 0 aliphatic carbocycles. The van der Waals surface area contributed by atoms with Crippen LogP contribution in [0.1, 0.15) is 43.9 Å². The lowest BCUT2D eigenvalue weighted by Crippen LogP contribution is -2.33. The Morgan fingerprint density at radius 1 is 0.964 bits per heavy atom. The van der Waals surface area contributed by atoms with E-state index in [9.17, 15) is 14.0 Å². The van der Waals surface area contributed by atoms with Gasteiger partial charge in [0.15, 0.2) is 0 Å². The Hall–Kier alpha value is -2.69. The fourth-order valence-electron chi connectivity index (χ4n) is 3.18. The molecule has 0 unspecified atom stereocenters. The molecule has 0 spiro atoms. The van der Waals surface area contributed by atoms with Gasteiger partial charge in [0.2, 0.25) is 11.8 Å². The highest BCUT2D eigenvalue weighted by Crippen LogP contribution is 2.22. The standard InChI is InChI=1S/C23H29FN2O2/c1-4-19-7-6-8-20(5-2)23(19)25-22(28)14-16-26(17(3)27)15-13-18-9-11-21(24)12-10-18/h6-12H,4-5,13-16H2,1-3H3,(H,25,28). The summed E-state index contributed by atoms with van der Waals surface area (Å²) in [6.45, 7) is 6.50. The quantitative estimate of drug-likeness (QED) is 0.698. The molecule has 2 aromatic rings. The topological polar surface area (TPSA) is 49.4 Å². The molecule has 4 nitrogen and oxygen atoms in total. The molecule has 0 bridgehead atoms. The molecule has 0 aromatic heterocycles. The number of para-hydroxylation sites is 1. The molecule has 0 fully saturated rings. The highest BCUT2D eigenvalue weighted by Gasteiger charge is 2.14. The van der Waals surface area contributed by atoms with Crippen molar-refractivity contribution in [1.82, 2.24) is 4.90 Å². The van der Waals surface area contributed by atoms with Crippen molar-refractivity contribution in [2.45, 2.75) is 46.5 Å². The van der Waals surface area contributed by atoms with Gasteiger partial charge in [0.25, 0.3) is 0 Å². The van der Waals surface area contributed by atoms with E-state index >= 15 is 0 Å². The predicted octanol–water partition coefficient (Wildman–Crippen LogP) is 4.37. The molecule has 0 radical (unpaired) electrons. The summed E-state index contributed by atoms with van der Waals surface area (Å²) in [6, 6.07) is 12.3. The molecule has 0 aliphatic rings. The van der Waals surface area contributed by atoms with Crippen molar-refractivity contribution in [1.29, 1.82) is 0 Å². The number of amides is 2. The van der Waals surface area contributed by atoms with Gasteiger partial charge in [-0.2, -0.15) is 0 Å². The molecule has 0 aliphatic heterocycles. The highest BCUT2D eigenvalue weighted by molar-refractivity contribution is 5.92. The summed E-state index contributed by atoms with van der Waals surface area (Å²) in [5.41, 5.74) is 4.10. The largest absolute Gasteiger partial charge is 0.342 e. The zero-order chi connectivity index (χ0) is 20.5. The average Bonchev–Trinajstić information content (AvgIpc) is 2.69. The number of halogens is 1. The number of benzene rings is 2. The van der Waals surface area contributed by atoms with E-state index in [1.165, 1.54) is 19.1 Å². The van der Waals surface area contributed by atoms with E-state index in [1.54, 1.807) is 17.0 Å². The Morgan fingerprint density at radius 2 is 1.57 bits per heavy atom. The molecular formula is C23H29FN2O2. The van der Waals surface area contributed by atoms with Crippen molar-refractivity contribution in [3.8, 4) is 0 Å². The van der Waals surface area contributed by atoms with Crippen LogP contribution in [0, 0.1) is 5.82 Å². The normalized spacial score (nSPS) is 10.6. The summed E-state index contributed by atoms with van der Waals surface area (Å²) in [6.07, 6.45) is 2.56. The number of carbonyl (C=O) groups is 2. The zero-order valence-electron chi connectivity index (χ0n) is 16.9. The molecule has 0 saturated carbocycles.